The number of benzene rings is 2. The van der Waals surface area contributed by atoms with Crippen LogP contribution in [0.4, 0.5) is 18.9 Å². The highest BCUT2D eigenvalue weighted by Gasteiger charge is 2.28. The number of para-hydroxylation sites is 2. The van der Waals surface area contributed by atoms with Crippen LogP contribution < -0.4 is 10.1 Å². The molecule has 0 bridgehead atoms. The summed E-state index contributed by atoms with van der Waals surface area (Å²) in [6.07, 6.45) is 0. The lowest BCUT2D eigenvalue weighted by Gasteiger charge is -2.37. The highest BCUT2D eigenvalue weighted by molar-refractivity contribution is 5.96. The Bertz CT molecular complexity index is 885. The SMILES string of the molecule is CC(C(=O)Nc1ccccc1OC(F)F)N1CCN(C(=O)c2ccc(F)cc2)CC1. The molecule has 0 aromatic heterocycles. The van der Waals surface area contributed by atoms with Crippen LogP contribution in [0.15, 0.2) is 48.5 Å². The van der Waals surface area contributed by atoms with Crippen molar-refractivity contribution in [3.8, 4) is 5.75 Å². The minimum atomic E-state index is -2.99. The van der Waals surface area contributed by atoms with E-state index in [1.165, 1.54) is 42.5 Å². The number of carbonyl (C=O) groups excluding carboxylic acids is 2. The number of carbonyl (C=O) groups is 2. The molecule has 2 amide bonds. The van der Waals surface area contributed by atoms with Crippen LogP contribution in [-0.4, -0.2) is 60.4 Å². The van der Waals surface area contributed by atoms with Crippen molar-refractivity contribution in [2.75, 3.05) is 31.5 Å². The van der Waals surface area contributed by atoms with E-state index in [1.807, 2.05) is 4.90 Å². The Morgan fingerprint density at radius 1 is 1.00 bits per heavy atom. The molecule has 0 radical (unpaired) electrons. The number of hydrogen-bond acceptors (Lipinski definition) is 4. The van der Waals surface area contributed by atoms with Gasteiger partial charge in [-0.05, 0) is 43.3 Å². The van der Waals surface area contributed by atoms with E-state index < -0.39 is 18.5 Å². The summed E-state index contributed by atoms with van der Waals surface area (Å²) in [5.41, 5.74) is 0.575. The van der Waals surface area contributed by atoms with Crippen LogP contribution in [-0.2, 0) is 4.79 Å². The van der Waals surface area contributed by atoms with E-state index in [0.29, 0.717) is 31.7 Å². The molecule has 9 heteroatoms. The van der Waals surface area contributed by atoms with Crippen LogP contribution in [0.2, 0.25) is 0 Å². The Kier molecular flexibility index (Phi) is 6.94. The van der Waals surface area contributed by atoms with Crippen LogP contribution in [0.25, 0.3) is 0 Å². The molecule has 0 spiro atoms. The van der Waals surface area contributed by atoms with Crippen molar-refractivity contribution in [1.29, 1.82) is 0 Å². The van der Waals surface area contributed by atoms with Gasteiger partial charge in [-0.1, -0.05) is 12.1 Å². The average Bonchev–Trinajstić information content (AvgIpc) is 2.74. The number of rotatable bonds is 6. The standard InChI is InChI=1S/C21H22F3N3O3/c1-14(19(28)25-17-4-2-3-5-18(17)30-21(23)24)26-10-12-27(13-11-26)20(29)15-6-8-16(22)9-7-15/h2-9,14,21H,10-13H2,1H3,(H,25,28). The highest BCUT2D eigenvalue weighted by Crippen LogP contribution is 2.26. The van der Waals surface area contributed by atoms with Gasteiger partial charge in [-0.25, -0.2) is 4.39 Å². The Hall–Kier alpha value is -3.07. The van der Waals surface area contributed by atoms with E-state index in [0.717, 1.165) is 0 Å². The molecule has 1 fully saturated rings. The summed E-state index contributed by atoms with van der Waals surface area (Å²) in [7, 11) is 0. The van der Waals surface area contributed by atoms with Gasteiger partial charge < -0.3 is 15.0 Å². The molecular weight excluding hydrogens is 399 g/mol. The Morgan fingerprint density at radius 3 is 2.27 bits per heavy atom. The minimum Gasteiger partial charge on any atom is -0.433 e. The number of nitrogens with one attached hydrogen (secondary N) is 1. The first-order valence-electron chi connectivity index (χ1n) is 9.48. The summed E-state index contributed by atoms with van der Waals surface area (Å²) < 4.78 is 42.5. The number of anilines is 1. The third-order valence-electron chi connectivity index (χ3n) is 4.98. The van der Waals surface area contributed by atoms with Gasteiger partial charge in [0.05, 0.1) is 11.7 Å². The number of piperazine rings is 1. The van der Waals surface area contributed by atoms with Gasteiger partial charge in [0, 0.05) is 31.7 Å². The molecule has 1 unspecified atom stereocenters. The second kappa shape index (κ2) is 9.62. The summed E-state index contributed by atoms with van der Waals surface area (Å²) in [5.74, 6) is -1.07. The number of halogens is 3. The Morgan fingerprint density at radius 2 is 1.63 bits per heavy atom. The molecule has 0 saturated carbocycles. The van der Waals surface area contributed by atoms with E-state index >= 15 is 0 Å². The van der Waals surface area contributed by atoms with E-state index in [1.54, 1.807) is 17.9 Å². The minimum absolute atomic E-state index is 0.109. The van der Waals surface area contributed by atoms with Crippen molar-refractivity contribution in [3.05, 3.63) is 59.9 Å². The summed E-state index contributed by atoms with van der Waals surface area (Å²) in [5, 5.41) is 2.62. The normalized spacial score (nSPS) is 15.7. The van der Waals surface area contributed by atoms with Crippen LogP contribution in [0.5, 0.6) is 5.75 Å². The van der Waals surface area contributed by atoms with E-state index in [4.69, 9.17) is 0 Å². The lowest BCUT2D eigenvalue weighted by molar-refractivity contribution is -0.121. The predicted octanol–water partition coefficient (Wildman–Crippen LogP) is 3.21. The fourth-order valence-corrected chi connectivity index (χ4v) is 3.26. The van der Waals surface area contributed by atoms with E-state index in [2.05, 4.69) is 10.1 Å². The van der Waals surface area contributed by atoms with Crippen LogP contribution in [0, 0.1) is 5.82 Å². The maximum absolute atomic E-state index is 13.0. The molecule has 3 rings (SSSR count). The Balaban J connectivity index is 1.56. The van der Waals surface area contributed by atoms with Crippen molar-refractivity contribution in [1.82, 2.24) is 9.80 Å². The van der Waals surface area contributed by atoms with Gasteiger partial charge in [0.15, 0.2) is 0 Å². The van der Waals surface area contributed by atoms with E-state index in [9.17, 15) is 22.8 Å². The second-order valence-corrected chi connectivity index (χ2v) is 6.87. The monoisotopic (exact) mass is 421 g/mol. The van der Waals surface area contributed by atoms with Gasteiger partial charge in [-0.2, -0.15) is 8.78 Å². The fourth-order valence-electron chi connectivity index (χ4n) is 3.26. The molecular formula is C21H22F3N3O3. The maximum Gasteiger partial charge on any atom is 0.387 e. The van der Waals surface area contributed by atoms with Crippen molar-refractivity contribution in [3.63, 3.8) is 0 Å². The molecule has 160 valence electrons. The first-order valence-corrected chi connectivity index (χ1v) is 9.48. The topological polar surface area (TPSA) is 61.9 Å². The molecule has 2 aromatic carbocycles. The van der Waals surface area contributed by atoms with Gasteiger partial charge in [-0.15, -0.1) is 0 Å². The third-order valence-corrected chi connectivity index (χ3v) is 4.98. The summed E-state index contributed by atoms with van der Waals surface area (Å²) in [6.45, 7) is 0.487. The van der Waals surface area contributed by atoms with Crippen LogP contribution in [0.3, 0.4) is 0 Å². The first-order chi connectivity index (χ1) is 14.3. The molecule has 6 nitrogen and oxygen atoms in total. The fraction of sp³-hybridized carbons (Fsp3) is 0.333. The molecule has 1 saturated heterocycles. The van der Waals surface area contributed by atoms with Gasteiger partial charge >= 0.3 is 6.61 Å². The molecule has 2 aromatic rings. The maximum atomic E-state index is 13.0. The largest absolute Gasteiger partial charge is 0.433 e. The number of nitrogens with zero attached hydrogens (tertiary/aromatic N) is 2. The van der Waals surface area contributed by atoms with Gasteiger partial charge in [0.25, 0.3) is 5.91 Å². The van der Waals surface area contributed by atoms with Gasteiger partial charge in [-0.3, -0.25) is 14.5 Å². The molecule has 1 atom stereocenters. The van der Waals surface area contributed by atoms with Gasteiger partial charge in [0.1, 0.15) is 11.6 Å². The van der Waals surface area contributed by atoms with Crippen molar-refractivity contribution in [2.45, 2.75) is 19.6 Å². The first kappa shape index (κ1) is 21.6. The van der Waals surface area contributed by atoms with Crippen molar-refractivity contribution >= 4 is 17.5 Å². The molecule has 1 heterocycles. The lowest BCUT2D eigenvalue weighted by atomic mass is 10.1. The molecule has 0 aliphatic carbocycles. The molecule has 1 aliphatic rings. The zero-order chi connectivity index (χ0) is 21.7. The number of ether oxygens (including phenoxy) is 1. The lowest BCUT2D eigenvalue weighted by Crippen LogP contribution is -2.54. The van der Waals surface area contributed by atoms with Crippen molar-refractivity contribution < 1.29 is 27.5 Å². The van der Waals surface area contributed by atoms with Crippen LogP contribution >= 0.6 is 0 Å². The average molecular weight is 421 g/mol. The smallest absolute Gasteiger partial charge is 0.387 e. The zero-order valence-corrected chi connectivity index (χ0v) is 16.4. The predicted molar refractivity (Wildman–Crippen MR) is 105 cm³/mol. The quantitative estimate of drug-likeness (QED) is 0.778. The highest BCUT2D eigenvalue weighted by atomic mass is 19.3. The number of hydrogen-bond donors (Lipinski definition) is 1. The Labute approximate surface area is 172 Å². The molecule has 1 N–H and O–H groups in total. The molecule has 30 heavy (non-hydrogen) atoms. The second-order valence-electron chi connectivity index (χ2n) is 6.87. The van der Waals surface area contributed by atoms with E-state index in [-0.39, 0.29) is 23.3 Å². The summed E-state index contributed by atoms with van der Waals surface area (Å²) >= 11 is 0. The summed E-state index contributed by atoms with van der Waals surface area (Å²) in [6, 6.07) is 10.8. The van der Waals surface area contributed by atoms with Gasteiger partial charge in [0.2, 0.25) is 5.91 Å². The number of amides is 2. The number of alkyl halides is 2. The summed E-state index contributed by atoms with van der Waals surface area (Å²) in [4.78, 5) is 28.7. The van der Waals surface area contributed by atoms with Crippen molar-refractivity contribution in [2.24, 2.45) is 0 Å². The third kappa shape index (κ3) is 5.29. The van der Waals surface area contributed by atoms with Crippen LogP contribution in [0.1, 0.15) is 17.3 Å². The zero-order valence-electron chi connectivity index (χ0n) is 16.4. The molecule has 1 aliphatic heterocycles.